The van der Waals surface area contributed by atoms with Crippen LogP contribution in [-0.2, 0) is 18.3 Å². The second kappa shape index (κ2) is 8.00. The molecule has 5 heteroatoms. The molecule has 2 aromatic rings. The number of hydrogen-bond acceptors (Lipinski definition) is 3. The van der Waals surface area contributed by atoms with Crippen LogP contribution in [0, 0.1) is 0 Å². The molecule has 1 aliphatic carbocycles. The van der Waals surface area contributed by atoms with Gasteiger partial charge in [-0.05, 0) is 36.5 Å². The fourth-order valence-electron chi connectivity index (χ4n) is 3.19. The molecule has 1 heterocycles. The van der Waals surface area contributed by atoms with E-state index in [9.17, 15) is 4.79 Å². The Labute approximate surface area is 153 Å². The summed E-state index contributed by atoms with van der Waals surface area (Å²) in [6.45, 7) is 4.33. The number of carbonyl (C=O) groups excluding carboxylic acids is 1. The highest BCUT2D eigenvalue weighted by Gasteiger charge is 2.14. The minimum absolute atomic E-state index is 0.0121. The molecule has 0 atom stereocenters. The van der Waals surface area contributed by atoms with Crippen molar-refractivity contribution in [3.8, 4) is 0 Å². The van der Waals surface area contributed by atoms with Crippen LogP contribution in [0.15, 0.2) is 34.6 Å². The van der Waals surface area contributed by atoms with Crippen molar-refractivity contribution >= 4 is 22.9 Å². The third-order valence-corrected chi connectivity index (χ3v) is 5.82. The summed E-state index contributed by atoms with van der Waals surface area (Å²) in [7, 11) is 2.00. The van der Waals surface area contributed by atoms with E-state index in [0.29, 0.717) is 18.4 Å². The maximum Gasteiger partial charge on any atom is 0.230 e. The fraction of sp³-hybridized carbons (Fsp3) is 0.500. The zero-order chi connectivity index (χ0) is 17.8. The number of aromatic nitrogens is 1. The quantitative estimate of drug-likeness (QED) is 0.855. The summed E-state index contributed by atoms with van der Waals surface area (Å²) in [4.78, 5) is 18.2. The Kier molecular flexibility index (Phi) is 5.74. The van der Waals surface area contributed by atoms with Gasteiger partial charge in [0.05, 0.1) is 12.5 Å². The maximum atomic E-state index is 12.4. The van der Waals surface area contributed by atoms with E-state index in [2.05, 4.69) is 41.2 Å². The average Bonchev–Trinajstić information content (AvgIpc) is 3.21. The van der Waals surface area contributed by atoms with Gasteiger partial charge in [0.2, 0.25) is 5.91 Å². The van der Waals surface area contributed by atoms with E-state index in [1.54, 1.807) is 11.3 Å². The van der Waals surface area contributed by atoms with E-state index in [4.69, 9.17) is 4.99 Å². The third kappa shape index (κ3) is 4.60. The molecule has 4 nitrogen and oxygen atoms in total. The first kappa shape index (κ1) is 17.9. The van der Waals surface area contributed by atoms with Crippen LogP contribution in [-0.4, -0.2) is 16.5 Å². The molecule has 0 aliphatic heterocycles. The van der Waals surface area contributed by atoms with Gasteiger partial charge in [0.15, 0.2) is 4.80 Å². The number of nitrogens with one attached hydrogen (secondary N) is 1. The summed E-state index contributed by atoms with van der Waals surface area (Å²) in [6, 6.07) is 8.56. The number of nitrogens with zero attached hydrogens (tertiary/aromatic N) is 2. The largest absolute Gasteiger partial charge is 0.326 e. The van der Waals surface area contributed by atoms with E-state index < -0.39 is 0 Å². The van der Waals surface area contributed by atoms with Crippen molar-refractivity contribution in [2.24, 2.45) is 12.0 Å². The van der Waals surface area contributed by atoms with Crippen molar-refractivity contribution in [1.29, 1.82) is 0 Å². The molecular weight excluding hydrogens is 330 g/mol. The number of rotatable bonds is 5. The molecule has 3 rings (SSSR count). The lowest BCUT2D eigenvalue weighted by Crippen LogP contribution is -2.20. The Bertz CT molecular complexity index is 780. The van der Waals surface area contributed by atoms with Gasteiger partial charge in [0, 0.05) is 23.8 Å². The summed E-state index contributed by atoms with van der Waals surface area (Å²) in [5, 5.41) is 5.04. The highest BCUT2D eigenvalue weighted by Crippen LogP contribution is 2.20. The lowest BCUT2D eigenvalue weighted by Gasteiger charge is -2.09. The molecular formula is C20H27N3OS. The van der Waals surface area contributed by atoms with E-state index in [1.807, 2.05) is 19.2 Å². The van der Waals surface area contributed by atoms with Crippen molar-refractivity contribution in [1.82, 2.24) is 4.57 Å². The zero-order valence-electron chi connectivity index (χ0n) is 15.3. The Balaban J connectivity index is 1.64. The molecule has 1 saturated carbocycles. The van der Waals surface area contributed by atoms with Gasteiger partial charge in [-0.2, -0.15) is 0 Å². The normalized spacial score (nSPS) is 15.9. The van der Waals surface area contributed by atoms with E-state index >= 15 is 0 Å². The van der Waals surface area contributed by atoms with Crippen molar-refractivity contribution in [2.45, 2.75) is 57.9 Å². The van der Waals surface area contributed by atoms with E-state index in [0.717, 1.165) is 16.2 Å². The standard InChI is InChI=1S/C20H27N3OS/c1-14(2)15-8-10-17(11-9-15)21-19(24)12-18-13-25-20(23(18)3)22-16-6-4-5-7-16/h8-11,13-14,16H,4-7,12H2,1-3H3,(H,21,24). The summed E-state index contributed by atoms with van der Waals surface area (Å²) in [5.41, 5.74) is 3.14. The van der Waals surface area contributed by atoms with Gasteiger partial charge in [0.25, 0.3) is 0 Å². The number of carbonyl (C=O) groups is 1. The van der Waals surface area contributed by atoms with Crippen molar-refractivity contribution in [3.05, 3.63) is 45.7 Å². The number of benzene rings is 1. The van der Waals surface area contributed by atoms with Gasteiger partial charge in [-0.15, -0.1) is 11.3 Å². The number of amides is 1. The molecule has 1 aliphatic rings. The van der Waals surface area contributed by atoms with Gasteiger partial charge in [0.1, 0.15) is 0 Å². The third-order valence-electron chi connectivity index (χ3n) is 4.84. The molecule has 1 amide bonds. The lowest BCUT2D eigenvalue weighted by molar-refractivity contribution is -0.115. The molecule has 1 aromatic heterocycles. The molecule has 1 aromatic carbocycles. The van der Waals surface area contributed by atoms with Gasteiger partial charge in [-0.3, -0.25) is 9.79 Å². The minimum Gasteiger partial charge on any atom is -0.326 e. The average molecular weight is 358 g/mol. The van der Waals surface area contributed by atoms with Gasteiger partial charge in [-0.1, -0.05) is 38.8 Å². The fourth-order valence-corrected chi connectivity index (χ4v) is 4.16. The Morgan fingerprint density at radius 2 is 1.96 bits per heavy atom. The Hall–Kier alpha value is -1.88. The Morgan fingerprint density at radius 1 is 1.28 bits per heavy atom. The maximum absolute atomic E-state index is 12.4. The summed E-state index contributed by atoms with van der Waals surface area (Å²) >= 11 is 1.63. The monoisotopic (exact) mass is 357 g/mol. The molecule has 25 heavy (non-hydrogen) atoms. The molecule has 1 fully saturated rings. The van der Waals surface area contributed by atoms with E-state index in [1.165, 1.54) is 31.2 Å². The van der Waals surface area contributed by atoms with Crippen molar-refractivity contribution < 1.29 is 4.79 Å². The second-order valence-electron chi connectivity index (χ2n) is 7.14. The molecule has 0 bridgehead atoms. The molecule has 0 saturated heterocycles. The van der Waals surface area contributed by atoms with Crippen LogP contribution in [0.4, 0.5) is 5.69 Å². The molecule has 1 N–H and O–H groups in total. The number of thiazole rings is 1. The summed E-state index contributed by atoms with van der Waals surface area (Å²) in [6.07, 6.45) is 5.33. The first-order valence-corrected chi connectivity index (χ1v) is 9.98. The summed E-state index contributed by atoms with van der Waals surface area (Å²) in [5.74, 6) is 0.509. The molecule has 0 unspecified atom stereocenters. The zero-order valence-corrected chi connectivity index (χ0v) is 16.1. The number of hydrogen-bond donors (Lipinski definition) is 1. The molecule has 0 spiro atoms. The van der Waals surface area contributed by atoms with Crippen LogP contribution in [0.3, 0.4) is 0 Å². The predicted molar refractivity (Wildman–Crippen MR) is 104 cm³/mol. The highest BCUT2D eigenvalue weighted by atomic mass is 32.1. The predicted octanol–water partition coefficient (Wildman–Crippen LogP) is 4.23. The molecule has 134 valence electrons. The topological polar surface area (TPSA) is 46.4 Å². The minimum atomic E-state index is 0.0121. The highest BCUT2D eigenvalue weighted by molar-refractivity contribution is 7.07. The van der Waals surface area contributed by atoms with Crippen LogP contribution in [0.2, 0.25) is 0 Å². The first-order valence-electron chi connectivity index (χ1n) is 9.10. The summed E-state index contributed by atoms with van der Waals surface area (Å²) < 4.78 is 2.06. The van der Waals surface area contributed by atoms with Crippen LogP contribution < -0.4 is 10.1 Å². The Morgan fingerprint density at radius 3 is 2.60 bits per heavy atom. The van der Waals surface area contributed by atoms with Crippen LogP contribution in [0.25, 0.3) is 0 Å². The molecule has 0 radical (unpaired) electrons. The van der Waals surface area contributed by atoms with Crippen LogP contribution in [0.5, 0.6) is 0 Å². The van der Waals surface area contributed by atoms with Gasteiger partial charge < -0.3 is 9.88 Å². The smallest absolute Gasteiger partial charge is 0.230 e. The number of anilines is 1. The second-order valence-corrected chi connectivity index (χ2v) is 7.97. The van der Waals surface area contributed by atoms with Crippen LogP contribution in [0.1, 0.15) is 56.7 Å². The van der Waals surface area contributed by atoms with Crippen molar-refractivity contribution in [3.63, 3.8) is 0 Å². The van der Waals surface area contributed by atoms with Gasteiger partial charge in [-0.25, -0.2) is 0 Å². The first-order chi connectivity index (χ1) is 12.0. The van der Waals surface area contributed by atoms with Crippen molar-refractivity contribution in [2.75, 3.05) is 5.32 Å². The van der Waals surface area contributed by atoms with Crippen LogP contribution >= 0.6 is 11.3 Å². The van der Waals surface area contributed by atoms with Gasteiger partial charge >= 0.3 is 0 Å². The van der Waals surface area contributed by atoms with E-state index in [-0.39, 0.29) is 5.91 Å². The lowest BCUT2D eigenvalue weighted by atomic mass is 10.0. The SMILES string of the molecule is CC(C)c1ccc(NC(=O)Cc2csc(=NC3CCCC3)n2C)cc1.